The maximum absolute atomic E-state index is 12.9. The van der Waals surface area contributed by atoms with Crippen LogP contribution in [0.1, 0.15) is 31.7 Å². The molecule has 0 radical (unpaired) electrons. The number of carbonyl (C=O) groups is 1. The molecule has 3 aromatic rings. The zero-order chi connectivity index (χ0) is 21.5. The molecule has 3 rings (SSSR count). The molecule has 1 aromatic heterocycles. The molecule has 1 heterocycles. The summed E-state index contributed by atoms with van der Waals surface area (Å²) in [4.78, 5) is 29.9. The van der Waals surface area contributed by atoms with Crippen molar-refractivity contribution in [3.63, 3.8) is 0 Å². The molecular weight excluding hydrogens is 398 g/mol. The highest BCUT2D eigenvalue weighted by molar-refractivity contribution is 7.99. The first-order valence-corrected chi connectivity index (χ1v) is 11.0. The molecule has 30 heavy (non-hydrogen) atoms. The quantitative estimate of drug-likeness (QED) is 0.409. The first-order chi connectivity index (χ1) is 14.5. The van der Waals surface area contributed by atoms with E-state index in [1.54, 1.807) is 23.8 Å². The van der Waals surface area contributed by atoms with Gasteiger partial charge in [0.1, 0.15) is 0 Å². The number of benzene rings is 2. The van der Waals surface area contributed by atoms with Crippen molar-refractivity contribution < 1.29 is 9.53 Å². The van der Waals surface area contributed by atoms with E-state index in [9.17, 15) is 9.59 Å². The van der Waals surface area contributed by atoms with Crippen LogP contribution in [0.2, 0.25) is 0 Å². The summed E-state index contributed by atoms with van der Waals surface area (Å²) < 4.78 is 6.70. The van der Waals surface area contributed by atoms with Crippen LogP contribution in [-0.4, -0.2) is 34.9 Å². The van der Waals surface area contributed by atoms with Gasteiger partial charge >= 0.3 is 0 Å². The minimum absolute atomic E-state index is 0.124. The predicted octanol–water partition coefficient (Wildman–Crippen LogP) is 4.29. The number of carbonyl (C=O) groups excluding carboxylic acids is 1. The van der Waals surface area contributed by atoms with Gasteiger partial charge in [0.2, 0.25) is 5.91 Å². The number of nitrogens with zero attached hydrogens (tertiary/aromatic N) is 2. The Morgan fingerprint density at radius 1 is 1.20 bits per heavy atom. The lowest BCUT2D eigenvalue weighted by atomic mass is 9.99. The number of nitrogens with one attached hydrogen (secondary N) is 1. The second-order valence-corrected chi connectivity index (χ2v) is 8.07. The molecule has 2 aromatic carbocycles. The lowest BCUT2D eigenvalue weighted by molar-refractivity contribution is -0.113. The van der Waals surface area contributed by atoms with E-state index in [2.05, 4.69) is 24.1 Å². The fourth-order valence-corrected chi connectivity index (χ4v) is 3.92. The Labute approximate surface area is 180 Å². The zero-order valence-electron chi connectivity index (χ0n) is 17.6. The molecule has 0 aliphatic heterocycles. The largest absolute Gasteiger partial charge is 0.383 e. The lowest BCUT2D eigenvalue weighted by Crippen LogP contribution is -2.26. The molecule has 1 amide bonds. The molecule has 0 aliphatic rings. The van der Waals surface area contributed by atoms with E-state index >= 15 is 0 Å². The molecule has 0 fully saturated rings. The van der Waals surface area contributed by atoms with Crippen LogP contribution >= 0.6 is 11.8 Å². The van der Waals surface area contributed by atoms with Crippen molar-refractivity contribution in [1.29, 1.82) is 0 Å². The minimum atomic E-state index is -0.142. The van der Waals surface area contributed by atoms with Crippen LogP contribution < -0.4 is 10.9 Å². The van der Waals surface area contributed by atoms with Gasteiger partial charge in [0.15, 0.2) is 5.16 Å². The molecule has 0 bridgehead atoms. The van der Waals surface area contributed by atoms with Gasteiger partial charge in [-0.1, -0.05) is 49.9 Å². The molecule has 7 heteroatoms. The van der Waals surface area contributed by atoms with Crippen molar-refractivity contribution in [1.82, 2.24) is 9.55 Å². The van der Waals surface area contributed by atoms with Crippen molar-refractivity contribution in [3.05, 3.63) is 64.4 Å². The fraction of sp³-hybridized carbons (Fsp3) is 0.348. The van der Waals surface area contributed by atoms with E-state index in [0.717, 1.165) is 12.1 Å². The zero-order valence-corrected chi connectivity index (χ0v) is 18.4. The van der Waals surface area contributed by atoms with Gasteiger partial charge in [-0.05, 0) is 42.2 Å². The summed E-state index contributed by atoms with van der Waals surface area (Å²) in [6.07, 6.45) is 1.08. The Kier molecular flexibility index (Phi) is 7.65. The van der Waals surface area contributed by atoms with Crippen molar-refractivity contribution in [2.45, 2.75) is 37.9 Å². The van der Waals surface area contributed by atoms with Crippen molar-refractivity contribution in [3.8, 4) is 0 Å². The number of fused-ring (bicyclic) bond motifs is 1. The average molecular weight is 426 g/mol. The molecule has 0 unspecified atom stereocenters. The van der Waals surface area contributed by atoms with Crippen LogP contribution in [0.25, 0.3) is 10.9 Å². The number of anilines is 1. The minimum Gasteiger partial charge on any atom is -0.383 e. The van der Waals surface area contributed by atoms with E-state index in [0.29, 0.717) is 35.1 Å². The van der Waals surface area contributed by atoms with Crippen molar-refractivity contribution >= 4 is 34.3 Å². The molecule has 0 spiro atoms. The van der Waals surface area contributed by atoms with Crippen molar-refractivity contribution in [2.75, 3.05) is 24.8 Å². The molecule has 0 saturated heterocycles. The van der Waals surface area contributed by atoms with E-state index in [1.807, 2.05) is 36.4 Å². The number of ether oxygens (including phenoxy) is 1. The molecule has 0 aliphatic carbocycles. The maximum Gasteiger partial charge on any atom is 0.262 e. The van der Waals surface area contributed by atoms with Gasteiger partial charge in [-0.15, -0.1) is 0 Å². The number of hydrogen-bond donors (Lipinski definition) is 1. The fourth-order valence-electron chi connectivity index (χ4n) is 3.10. The monoisotopic (exact) mass is 425 g/mol. The van der Waals surface area contributed by atoms with Crippen molar-refractivity contribution in [2.24, 2.45) is 0 Å². The van der Waals surface area contributed by atoms with E-state index in [1.165, 1.54) is 17.3 Å². The topological polar surface area (TPSA) is 73.2 Å². The highest BCUT2D eigenvalue weighted by Gasteiger charge is 2.13. The summed E-state index contributed by atoms with van der Waals surface area (Å²) in [5.41, 5.74) is 2.52. The summed E-state index contributed by atoms with van der Waals surface area (Å²) in [6.45, 7) is 5.12. The lowest BCUT2D eigenvalue weighted by Gasteiger charge is -2.13. The van der Waals surface area contributed by atoms with E-state index < -0.39 is 0 Å². The second kappa shape index (κ2) is 10.4. The number of rotatable bonds is 9. The van der Waals surface area contributed by atoms with Gasteiger partial charge in [0, 0.05) is 12.8 Å². The van der Waals surface area contributed by atoms with Gasteiger partial charge in [0.25, 0.3) is 5.56 Å². The highest BCUT2D eigenvalue weighted by Crippen LogP contribution is 2.21. The van der Waals surface area contributed by atoms with E-state index in [-0.39, 0.29) is 17.2 Å². The molecule has 6 nitrogen and oxygen atoms in total. The third-order valence-corrected chi connectivity index (χ3v) is 6.03. The summed E-state index contributed by atoms with van der Waals surface area (Å²) in [6, 6.07) is 15.2. The number of aromatic nitrogens is 2. The number of amides is 1. The maximum atomic E-state index is 12.9. The van der Waals surface area contributed by atoms with Crippen LogP contribution in [0.15, 0.2) is 58.5 Å². The summed E-state index contributed by atoms with van der Waals surface area (Å²) >= 11 is 1.25. The van der Waals surface area contributed by atoms with E-state index in [4.69, 9.17) is 4.74 Å². The van der Waals surface area contributed by atoms with Gasteiger partial charge in [-0.2, -0.15) is 0 Å². The summed E-state index contributed by atoms with van der Waals surface area (Å²) in [7, 11) is 1.59. The number of thioether (sulfide) groups is 1. The van der Waals surface area contributed by atoms with Crippen LogP contribution in [-0.2, 0) is 16.1 Å². The SMILES string of the molecule is CC[C@H](C)c1ccc(NC(=O)CSc2nc3ccccc3c(=O)n2CCOC)cc1. The van der Waals surface area contributed by atoms with Gasteiger partial charge in [-0.3, -0.25) is 14.2 Å². The molecule has 1 N–H and O–H groups in total. The van der Waals surface area contributed by atoms with Crippen LogP contribution in [0, 0.1) is 0 Å². The number of hydrogen-bond acceptors (Lipinski definition) is 5. The third kappa shape index (κ3) is 5.29. The number of para-hydroxylation sites is 1. The molecular formula is C23H27N3O3S. The normalized spacial score (nSPS) is 12.1. The highest BCUT2D eigenvalue weighted by atomic mass is 32.2. The van der Waals surface area contributed by atoms with Gasteiger partial charge in [-0.25, -0.2) is 4.98 Å². The smallest absolute Gasteiger partial charge is 0.262 e. The first-order valence-electron chi connectivity index (χ1n) is 10.0. The summed E-state index contributed by atoms with van der Waals surface area (Å²) in [5.74, 6) is 0.510. The Morgan fingerprint density at radius 3 is 2.63 bits per heavy atom. The Morgan fingerprint density at radius 2 is 1.93 bits per heavy atom. The Hall–Kier alpha value is -2.64. The standard InChI is InChI=1S/C23H27N3O3S/c1-4-16(2)17-9-11-18(12-10-17)24-21(27)15-30-23-25-20-8-6-5-7-19(20)22(28)26(23)13-14-29-3/h5-12,16H,4,13-15H2,1-3H3,(H,24,27)/t16-/m0/s1. The third-order valence-electron chi connectivity index (χ3n) is 5.05. The summed E-state index contributed by atoms with van der Waals surface area (Å²) in [5, 5.41) is 3.98. The van der Waals surface area contributed by atoms with Crippen LogP contribution in [0.5, 0.6) is 0 Å². The molecule has 0 saturated carbocycles. The Balaban J connectivity index is 1.72. The molecule has 1 atom stereocenters. The van der Waals surface area contributed by atoms with Gasteiger partial charge in [0.05, 0.1) is 29.8 Å². The average Bonchev–Trinajstić information content (AvgIpc) is 2.77. The Bertz CT molecular complexity index is 1060. The second-order valence-electron chi connectivity index (χ2n) is 7.13. The van der Waals surface area contributed by atoms with Crippen LogP contribution in [0.3, 0.4) is 0 Å². The van der Waals surface area contributed by atoms with Crippen LogP contribution in [0.4, 0.5) is 5.69 Å². The number of methoxy groups -OCH3 is 1. The van der Waals surface area contributed by atoms with Gasteiger partial charge < -0.3 is 10.1 Å². The predicted molar refractivity (Wildman–Crippen MR) is 122 cm³/mol. The first kappa shape index (κ1) is 22.1. The molecule has 158 valence electrons.